The van der Waals surface area contributed by atoms with Crippen LogP contribution in [-0.4, -0.2) is 29.3 Å². The highest BCUT2D eigenvalue weighted by Crippen LogP contribution is 2.39. The fourth-order valence-electron chi connectivity index (χ4n) is 4.33. The summed E-state index contributed by atoms with van der Waals surface area (Å²) in [6, 6.07) is 4.20. The van der Waals surface area contributed by atoms with Crippen LogP contribution in [0.5, 0.6) is 5.75 Å². The summed E-state index contributed by atoms with van der Waals surface area (Å²) >= 11 is 0. The third kappa shape index (κ3) is 17.9. The summed E-state index contributed by atoms with van der Waals surface area (Å²) in [5, 5.41) is 8.99. The minimum Gasteiger partial charge on any atom is -0.461 e. The number of rotatable bonds is 24. The van der Waals surface area contributed by atoms with Crippen molar-refractivity contribution in [3.8, 4) is 11.8 Å². The summed E-state index contributed by atoms with van der Waals surface area (Å²) < 4.78 is 41.1. The van der Waals surface area contributed by atoms with Gasteiger partial charge in [0.2, 0.25) is 6.29 Å². The van der Waals surface area contributed by atoms with Crippen molar-refractivity contribution >= 4 is 7.82 Å². The molecular formula is C29H49FNO6P. The molecule has 38 heavy (non-hydrogen) atoms. The fourth-order valence-corrected chi connectivity index (χ4v) is 4.78. The Morgan fingerprint density at radius 2 is 1.37 bits per heavy atom. The second kappa shape index (κ2) is 21.3. The van der Waals surface area contributed by atoms with E-state index in [9.17, 15) is 8.96 Å². The van der Waals surface area contributed by atoms with E-state index in [-0.39, 0.29) is 24.3 Å². The Morgan fingerprint density at radius 3 is 1.84 bits per heavy atom. The predicted molar refractivity (Wildman–Crippen MR) is 148 cm³/mol. The number of phosphoric acid groups is 1. The number of hydrogen-bond acceptors (Lipinski definition) is 5. The van der Waals surface area contributed by atoms with E-state index in [4.69, 9.17) is 24.5 Å². The van der Waals surface area contributed by atoms with Gasteiger partial charge in [0.05, 0.1) is 18.2 Å². The van der Waals surface area contributed by atoms with Gasteiger partial charge in [0, 0.05) is 13.0 Å². The first-order valence-corrected chi connectivity index (χ1v) is 16.0. The van der Waals surface area contributed by atoms with E-state index in [1.165, 1.54) is 96.0 Å². The van der Waals surface area contributed by atoms with E-state index in [1.54, 1.807) is 6.92 Å². The molecule has 1 aromatic carbocycles. The number of phosphoric ester groups is 1. The normalized spacial score (nSPS) is 12.4. The van der Waals surface area contributed by atoms with Gasteiger partial charge in [-0.2, -0.15) is 5.26 Å². The first-order valence-electron chi connectivity index (χ1n) is 14.5. The summed E-state index contributed by atoms with van der Waals surface area (Å²) in [7, 11) is -4.85. The van der Waals surface area contributed by atoms with E-state index in [2.05, 4.69) is 11.4 Å². The number of hydrogen-bond donors (Lipinski definition) is 2. The molecule has 1 rings (SSSR count). The van der Waals surface area contributed by atoms with Crippen LogP contribution in [0, 0.1) is 24.1 Å². The van der Waals surface area contributed by atoms with Crippen molar-refractivity contribution in [2.24, 2.45) is 0 Å². The van der Waals surface area contributed by atoms with Gasteiger partial charge in [0.1, 0.15) is 0 Å². The Labute approximate surface area is 229 Å². The summed E-state index contributed by atoms with van der Waals surface area (Å²) in [5.74, 6) is -1.04. The largest absolute Gasteiger partial charge is 0.472 e. The molecule has 9 heteroatoms. The van der Waals surface area contributed by atoms with E-state index in [1.807, 2.05) is 6.07 Å². The molecule has 7 nitrogen and oxygen atoms in total. The topological polar surface area (TPSA) is 109 Å². The smallest absolute Gasteiger partial charge is 0.461 e. The first-order chi connectivity index (χ1) is 18.3. The van der Waals surface area contributed by atoms with Crippen molar-refractivity contribution in [3.63, 3.8) is 0 Å². The van der Waals surface area contributed by atoms with E-state index in [0.29, 0.717) is 12.2 Å². The van der Waals surface area contributed by atoms with Crippen LogP contribution >= 0.6 is 7.82 Å². The van der Waals surface area contributed by atoms with Crippen LogP contribution in [0.3, 0.4) is 0 Å². The Morgan fingerprint density at radius 1 is 0.868 bits per heavy atom. The van der Waals surface area contributed by atoms with Gasteiger partial charge in [-0.05, 0) is 31.0 Å². The van der Waals surface area contributed by atoms with Crippen molar-refractivity contribution in [1.82, 2.24) is 0 Å². The lowest BCUT2D eigenvalue weighted by Crippen LogP contribution is -2.22. The van der Waals surface area contributed by atoms with Gasteiger partial charge >= 0.3 is 7.82 Å². The molecule has 1 aromatic rings. The number of benzene rings is 1. The summed E-state index contributed by atoms with van der Waals surface area (Å²) in [4.78, 5) is 18.3. The van der Waals surface area contributed by atoms with Gasteiger partial charge in [-0.15, -0.1) is 0 Å². The molecule has 0 aromatic heterocycles. The zero-order chi connectivity index (χ0) is 28.1. The molecule has 1 unspecified atom stereocenters. The van der Waals surface area contributed by atoms with Crippen LogP contribution in [0.1, 0.15) is 127 Å². The number of ether oxygens (including phenoxy) is 2. The van der Waals surface area contributed by atoms with Gasteiger partial charge in [0.15, 0.2) is 11.6 Å². The average Bonchev–Trinajstić information content (AvgIpc) is 2.86. The quantitative estimate of drug-likeness (QED) is 0.0745. The van der Waals surface area contributed by atoms with Gasteiger partial charge in [-0.25, -0.2) is 13.5 Å². The number of nitrogens with zero attached hydrogens (tertiary/aromatic N) is 1. The van der Waals surface area contributed by atoms with Crippen molar-refractivity contribution < 1.29 is 32.7 Å². The Hall–Kier alpha value is -1.49. The standard InChI is InChI=1S/C29H49FNO6P/c1-3-4-5-6-7-8-9-10-11-12-13-14-15-16-17-18-20-35-21-19-29(37-38(32,33)34)36-28-22-25(2)26(24-31)23-27(28)30/h22-23,29H,3-21H2,1-2H3,(H2,32,33,34). The highest BCUT2D eigenvalue weighted by atomic mass is 31.2. The lowest BCUT2D eigenvalue weighted by atomic mass is 10.0. The zero-order valence-corrected chi connectivity index (χ0v) is 24.4. The molecule has 0 spiro atoms. The maximum Gasteiger partial charge on any atom is 0.472 e. The van der Waals surface area contributed by atoms with Crippen molar-refractivity contribution in [2.75, 3.05) is 13.2 Å². The van der Waals surface area contributed by atoms with E-state index in [0.717, 1.165) is 18.9 Å². The molecule has 2 N–H and O–H groups in total. The van der Waals surface area contributed by atoms with Gasteiger partial charge < -0.3 is 19.3 Å². The molecule has 0 bridgehead atoms. The lowest BCUT2D eigenvalue weighted by molar-refractivity contribution is -0.0404. The van der Waals surface area contributed by atoms with Crippen LogP contribution in [-0.2, 0) is 13.8 Å². The third-order valence-electron chi connectivity index (χ3n) is 6.55. The Kier molecular flexibility index (Phi) is 19.4. The number of halogens is 1. The molecule has 218 valence electrons. The Balaban J connectivity index is 2.09. The monoisotopic (exact) mass is 557 g/mol. The number of unbranched alkanes of at least 4 members (excludes halogenated alkanes) is 15. The molecule has 0 aliphatic heterocycles. The summed E-state index contributed by atoms with van der Waals surface area (Å²) in [5.41, 5.74) is 0.642. The van der Waals surface area contributed by atoms with Crippen LogP contribution in [0.15, 0.2) is 12.1 Å². The van der Waals surface area contributed by atoms with Crippen LogP contribution in [0.2, 0.25) is 0 Å². The van der Waals surface area contributed by atoms with E-state index >= 15 is 0 Å². The summed E-state index contributed by atoms with van der Waals surface area (Å²) in [6.45, 7) is 4.56. The van der Waals surface area contributed by atoms with Crippen LogP contribution in [0.25, 0.3) is 0 Å². The second-order valence-electron chi connectivity index (χ2n) is 10.1. The fraction of sp³-hybridized carbons (Fsp3) is 0.759. The molecule has 0 amide bonds. The second-order valence-corrected chi connectivity index (χ2v) is 11.2. The van der Waals surface area contributed by atoms with Gasteiger partial charge in [0.25, 0.3) is 0 Å². The summed E-state index contributed by atoms with van der Waals surface area (Å²) in [6.07, 6.45) is 19.4. The van der Waals surface area contributed by atoms with Crippen LogP contribution < -0.4 is 4.74 Å². The van der Waals surface area contributed by atoms with Crippen molar-refractivity contribution in [1.29, 1.82) is 5.26 Å². The van der Waals surface area contributed by atoms with Gasteiger partial charge in [-0.3, -0.25) is 0 Å². The zero-order valence-electron chi connectivity index (χ0n) is 23.5. The predicted octanol–water partition coefficient (Wildman–Crippen LogP) is 8.49. The van der Waals surface area contributed by atoms with Gasteiger partial charge in [-0.1, -0.05) is 103 Å². The van der Waals surface area contributed by atoms with E-state index < -0.39 is 19.9 Å². The SMILES string of the molecule is CCCCCCCCCCCCCCCCCCOCCC(Oc1cc(C)c(C#N)cc1F)OP(=O)(O)O. The van der Waals surface area contributed by atoms with Crippen molar-refractivity contribution in [2.45, 2.75) is 129 Å². The highest BCUT2D eigenvalue weighted by molar-refractivity contribution is 7.46. The maximum absolute atomic E-state index is 14.2. The minimum atomic E-state index is -4.85. The molecule has 0 radical (unpaired) electrons. The molecule has 1 atom stereocenters. The lowest BCUT2D eigenvalue weighted by Gasteiger charge is -2.20. The Bertz CT molecular complexity index is 841. The van der Waals surface area contributed by atoms with Crippen LogP contribution in [0.4, 0.5) is 4.39 Å². The minimum absolute atomic E-state index is 0.0163. The maximum atomic E-state index is 14.2. The molecule has 0 aliphatic rings. The average molecular weight is 558 g/mol. The number of aryl methyl sites for hydroxylation is 1. The highest BCUT2D eigenvalue weighted by Gasteiger charge is 2.25. The third-order valence-corrected chi connectivity index (χ3v) is 7.06. The molecule has 0 saturated carbocycles. The first kappa shape index (κ1) is 34.5. The molecular weight excluding hydrogens is 508 g/mol. The molecule has 0 fully saturated rings. The van der Waals surface area contributed by atoms with Crippen molar-refractivity contribution in [3.05, 3.63) is 29.1 Å². The molecule has 0 heterocycles. The molecule has 0 saturated heterocycles. The number of nitriles is 1. The molecule has 0 aliphatic carbocycles.